The van der Waals surface area contributed by atoms with E-state index in [0.29, 0.717) is 17.3 Å². The van der Waals surface area contributed by atoms with E-state index in [0.717, 1.165) is 11.3 Å². The van der Waals surface area contributed by atoms with Gasteiger partial charge in [0.05, 0.1) is 12.4 Å². The normalized spacial score (nSPS) is 10.1. The maximum atomic E-state index is 11.2. The number of nitrogens with one attached hydrogen (secondary N) is 1. The molecule has 0 saturated heterocycles. The molecule has 16 heavy (non-hydrogen) atoms. The number of benzene rings is 1. The number of aliphatic hydroxyl groups excluding tert-OH is 1. The maximum Gasteiger partial charge on any atom is 0.230 e. The van der Waals surface area contributed by atoms with E-state index in [-0.39, 0.29) is 12.5 Å². The van der Waals surface area contributed by atoms with Gasteiger partial charge in [-0.3, -0.25) is 4.79 Å². The molecule has 0 fully saturated rings. The molecule has 1 aromatic rings. The molecule has 0 spiro atoms. The molecule has 0 bridgehead atoms. The summed E-state index contributed by atoms with van der Waals surface area (Å²) in [6.45, 7) is 0.293. The largest absolute Gasteiger partial charge is 0.395 e. The van der Waals surface area contributed by atoms with Crippen LogP contribution in [0, 0.1) is 0 Å². The molecule has 2 N–H and O–H groups in total. The van der Waals surface area contributed by atoms with Crippen molar-refractivity contribution in [2.75, 3.05) is 18.9 Å². The first-order valence-corrected chi connectivity index (χ1v) is 6.45. The summed E-state index contributed by atoms with van der Waals surface area (Å²) in [4.78, 5) is 11.2. The molecular formula is C11H14ClNO2S. The molecule has 1 aromatic carbocycles. The van der Waals surface area contributed by atoms with Crippen molar-refractivity contribution in [3.8, 4) is 0 Å². The van der Waals surface area contributed by atoms with Crippen LogP contribution in [0.1, 0.15) is 5.56 Å². The highest BCUT2D eigenvalue weighted by Gasteiger charge is 2.01. The molecule has 0 heterocycles. The van der Waals surface area contributed by atoms with Gasteiger partial charge in [0.1, 0.15) is 0 Å². The van der Waals surface area contributed by atoms with Crippen LogP contribution in [-0.4, -0.2) is 29.9 Å². The molecule has 0 aliphatic carbocycles. The first kappa shape index (κ1) is 13.4. The molecule has 0 aliphatic heterocycles. The van der Waals surface area contributed by atoms with E-state index in [1.165, 1.54) is 11.8 Å². The number of aliphatic hydroxyl groups is 1. The third kappa shape index (κ3) is 5.39. The quantitative estimate of drug-likeness (QED) is 0.817. The van der Waals surface area contributed by atoms with Crippen molar-refractivity contribution < 1.29 is 9.90 Å². The lowest BCUT2D eigenvalue weighted by atomic mass is 10.2. The number of carbonyl (C=O) groups excluding carboxylic acids is 1. The van der Waals surface area contributed by atoms with Crippen LogP contribution in [0.3, 0.4) is 0 Å². The van der Waals surface area contributed by atoms with Crippen molar-refractivity contribution in [1.29, 1.82) is 0 Å². The van der Waals surface area contributed by atoms with Crippen molar-refractivity contribution in [2.24, 2.45) is 0 Å². The number of rotatable bonds is 6. The monoisotopic (exact) mass is 259 g/mol. The SMILES string of the molecule is O=C(CSCc1cccc(Cl)c1)NCCO. The summed E-state index contributed by atoms with van der Waals surface area (Å²) < 4.78 is 0. The highest BCUT2D eigenvalue weighted by molar-refractivity contribution is 7.99. The third-order valence-electron chi connectivity index (χ3n) is 1.82. The number of thioether (sulfide) groups is 1. The minimum atomic E-state index is -0.0546. The molecule has 0 aliphatic rings. The first-order chi connectivity index (χ1) is 7.72. The first-order valence-electron chi connectivity index (χ1n) is 4.92. The van der Waals surface area contributed by atoms with Crippen LogP contribution in [0.4, 0.5) is 0 Å². The van der Waals surface area contributed by atoms with E-state index in [1.54, 1.807) is 0 Å². The zero-order valence-electron chi connectivity index (χ0n) is 8.78. The summed E-state index contributed by atoms with van der Waals surface area (Å²) in [5, 5.41) is 11.8. The van der Waals surface area contributed by atoms with Gasteiger partial charge < -0.3 is 10.4 Å². The predicted octanol–water partition coefficient (Wildman–Crippen LogP) is 1.68. The minimum Gasteiger partial charge on any atom is -0.395 e. The summed E-state index contributed by atoms with van der Waals surface area (Å²) in [7, 11) is 0. The standard InChI is InChI=1S/C11H14ClNO2S/c12-10-3-1-2-9(6-10)7-16-8-11(15)13-4-5-14/h1-3,6,14H,4-5,7-8H2,(H,13,15). The van der Waals surface area contributed by atoms with Gasteiger partial charge in [-0.25, -0.2) is 0 Å². The maximum absolute atomic E-state index is 11.2. The van der Waals surface area contributed by atoms with Gasteiger partial charge in [0, 0.05) is 17.3 Å². The Morgan fingerprint density at radius 3 is 3.00 bits per heavy atom. The van der Waals surface area contributed by atoms with E-state index < -0.39 is 0 Å². The number of halogens is 1. The van der Waals surface area contributed by atoms with Gasteiger partial charge in [-0.05, 0) is 17.7 Å². The summed E-state index contributed by atoms with van der Waals surface area (Å²) >= 11 is 7.36. The Balaban J connectivity index is 2.22. The van der Waals surface area contributed by atoms with Gasteiger partial charge in [0.25, 0.3) is 0 Å². The number of hydrogen-bond acceptors (Lipinski definition) is 3. The molecule has 1 rings (SSSR count). The number of carbonyl (C=O) groups is 1. The lowest BCUT2D eigenvalue weighted by Gasteiger charge is -2.03. The van der Waals surface area contributed by atoms with E-state index in [2.05, 4.69) is 5.32 Å². The minimum absolute atomic E-state index is 0.0231. The van der Waals surface area contributed by atoms with Crippen molar-refractivity contribution in [3.63, 3.8) is 0 Å². The van der Waals surface area contributed by atoms with E-state index in [9.17, 15) is 4.79 Å². The third-order valence-corrected chi connectivity index (χ3v) is 3.06. The molecule has 1 amide bonds. The van der Waals surface area contributed by atoms with Gasteiger partial charge in [-0.1, -0.05) is 23.7 Å². The average Bonchev–Trinajstić information content (AvgIpc) is 2.26. The molecule has 0 radical (unpaired) electrons. The van der Waals surface area contributed by atoms with Crippen LogP contribution in [0.2, 0.25) is 5.02 Å². The lowest BCUT2D eigenvalue weighted by Crippen LogP contribution is -2.27. The van der Waals surface area contributed by atoms with Crippen molar-refractivity contribution >= 4 is 29.3 Å². The Labute approximate surface area is 104 Å². The lowest BCUT2D eigenvalue weighted by molar-refractivity contribution is -0.118. The highest BCUT2D eigenvalue weighted by Crippen LogP contribution is 2.16. The Hall–Kier alpha value is -0.710. The van der Waals surface area contributed by atoms with E-state index in [4.69, 9.17) is 16.7 Å². The fraction of sp³-hybridized carbons (Fsp3) is 0.364. The van der Waals surface area contributed by atoms with Gasteiger partial charge in [0.2, 0.25) is 5.91 Å². The Kier molecular flexibility index (Phi) is 6.30. The fourth-order valence-electron chi connectivity index (χ4n) is 1.13. The predicted molar refractivity (Wildman–Crippen MR) is 67.7 cm³/mol. The average molecular weight is 260 g/mol. The highest BCUT2D eigenvalue weighted by atomic mass is 35.5. The van der Waals surface area contributed by atoms with Gasteiger partial charge in [-0.2, -0.15) is 0 Å². The summed E-state index contributed by atoms with van der Waals surface area (Å²) in [5.74, 6) is 1.10. The molecule has 0 unspecified atom stereocenters. The zero-order valence-corrected chi connectivity index (χ0v) is 10.4. The second-order valence-corrected chi connectivity index (χ2v) is 4.62. The smallest absolute Gasteiger partial charge is 0.230 e. The molecule has 0 atom stereocenters. The van der Waals surface area contributed by atoms with Gasteiger partial charge >= 0.3 is 0 Å². The van der Waals surface area contributed by atoms with Crippen LogP contribution in [0.5, 0.6) is 0 Å². The number of hydrogen-bond donors (Lipinski definition) is 2. The van der Waals surface area contributed by atoms with Crippen molar-refractivity contribution in [3.05, 3.63) is 34.9 Å². The van der Waals surface area contributed by atoms with Crippen LogP contribution >= 0.6 is 23.4 Å². The van der Waals surface area contributed by atoms with Gasteiger partial charge in [-0.15, -0.1) is 11.8 Å². The fourth-order valence-corrected chi connectivity index (χ4v) is 2.15. The topological polar surface area (TPSA) is 49.3 Å². The summed E-state index contributed by atoms with van der Waals surface area (Å²) in [5.41, 5.74) is 1.10. The van der Waals surface area contributed by atoms with Crippen LogP contribution in [-0.2, 0) is 10.5 Å². The van der Waals surface area contributed by atoms with E-state index in [1.807, 2.05) is 24.3 Å². The zero-order chi connectivity index (χ0) is 11.8. The molecular weight excluding hydrogens is 246 g/mol. The van der Waals surface area contributed by atoms with Gasteiger partial charge in [0.15, 0.2) is 0 Å². The summed E-state index contributed by atoms with van der Waals surface area (Å²) in [6, 6.07) is 7.58. The Morgan fingerprint density at radius 2 is 2.31 bits per heavy atom. The van der Waals surface area contributed by atoms with Crippen LogP contribution in [0.25, 0.3) is 0 Å². The molecule has 0 saturated carbocycles. The molecule has 88 valence electrons. The second-order valence-electron chi connectivity index (χ2n) is 3.20. The molecule has 0 aromatic heterocycles. The number of amides is 1. The second kappa shape index (κ2) is 7.54. The van der Waals surface area contributed by atoms with Crippen LogP contribution in [0.15, 0.2) is 24.3 Å². The Bertz CT molecular complexity index is 347. The van der Waals surface area contributed by atoms with Crippen molar-refractivity contribution in [2.45, 2.75) is 5.75 Å². The molecule has 3 nitrogen and oxygen atoms in total. The Morgan fingerprint density at radius 1 is 1.50 bits per heavy atom. The van der Waals surface area contributed by atoms with Crippen LogP contribution < -0.4 is 5.32 Å². The van der Waals surface area contributed by atoms with E-state index >= 15 is 0 Å². The van der Waals surface area contributed by atoms with Crippen molar-refractivity contribution in [1.82, 2.24) is 5.32 Å². The summed E-state index contributed by atoms with van der Waals surface area (Å²) in [6.07, 6.45) is 0. The molecule has 5 heteroatoms.